The van der Waals surface area contributed by atoms with Crippen LogP contribution in [0.5, 0.6) is 5.75 Å². The smallest absolute Gasteiger partial charge is 0.263 e. The number of likely N-dealkylation sites (tertiary alicyclic amines) is 1. The summed E-state index contributed by atoms with van der Waals surface area (Å²) in [5.74, 6) is -0.00109. The molecular formula is C19H23N3O5S2. The molecule has 0 saturated carbocycles. The average Bonchev–Trinajstić information content (AvgIpc) is 3.21. The van der Waals surface area contributed by atoms with Crippen LogP contribution in [0.3, 0.4) is 0 Å². The lowest BCUT2D eigenvalue weighted by Crippen LogP contribution is -2.41. The van der Waals surface area contributed by atoms with E-state index in [1.807, 2.05) is 11.4 Å². The van der Waals surface area contributed by atoms with Crippen LogP contribution >= 0.6 is 11.3 Å². The van der Waals surface area contributed by atoms with Gasteiger partial charge in [-0.2, -0.15) is 0 Å². The normalized spacial score (nSPS) is 15.0. The second-order valence-corrected chi connectivity index (χ2v) is 9.52. The number of sulfonamides is 1. The largest absolute Gasteiger partial charge is 0.495 e. The van der Waals surface area contributed by atoms with Crippen molar-refractivity contribution in [2.75, 3.05) is 36.5 Å². The molecule has 0 radical (unpaired) electrons. The molecule has 1 fully saturated rings. The molecule has 0 spiro atoms. The number of carbonyl (C=O) groups excluding carboxylic acids is 2. The summed E-state index contributed by atoms with van der Waals surface area (Å²) in [6, 6.07) is 8.41. The van der Waals surface area contributed by atoms with E-state index in [4.69, 9.17) is 4.74 Å². The predicted molar refractivity (Wildman–Crippen MR) is 113 cm³/mol. The molecule has 29 heavy (non-hydrogen) atoms. The molecule has 2 amide bonds. The van der Waals surface area contributed by atoms with Crippen molar-refractivity contribution in [3.8, 4) is 5.75 Å². The predicted octanol–water partition coefficient (Wildman–Crippen LogP) is 2.62. The molecule has 1 aliphatic rings. The summed E-state index contributed by atoms with van der Waals surface area (Å²) in [4.78, 5) is 27.5. The van der Waals surface area contributed by atoms with Crippen molar-refractivity contribution >= 4 is 44.5 Å². The Bertz CT molecular complexity index is 981. The molecule has 1 aliphatic heterocycles. The second kappa shape index (κ2) is 8.83. The topological polar surface area (TPSA) is 105 Å². The molecule has 2 N–H and O–H groups in total. The quantitative estimate of drug-likeness (QED) is 0.723. The number of benzene rings is 1. The Hall–Kier alpha value is -2.59. The van der Waals surface area contributed by atoms with Gasteiger partial charge < -0.3 is 15.0 Å². The second-order valence-electron chi connectivity index (χ2n) is 6.82. The van der Waals surface area contributed by atoms with Crippen LogP contribution in [-0.2, 0) is 14.8 Å². The zero-order chi connectivity index (χ0) is 21.0. The van der Waals surface area contributed by atoms with Crippen molar-refractivity contribution < 1.29 is 22.7 Å². The van der Waals surface area contributed by atoms with Gasteiger partial charge in [0.25, 0.3) is 5.91 Å². The van der Waals surface area contributed by atoms with E-state index in [0.29, 0.717) is 42.2 Å². The minimum absolute atomic E-state index is 0.00510. The molecule has 1 aromatic heterocycles. The summed E-state index contributed by atoms with van der Waals surface area (Å²) in [6.45, 7) is 1.05. The van der Waals surface area contributed by atoms with Gasteiger partial charge in [0.1, 0.15) is 5.75 Å². The molecule has 0 atom stereocenters. The van der Waals surface area contributed by atoms with Crippen LogP contribution in [0, 0.1) is 5.92 Å². The Morgan fingerprint density at radius 1 is 1.21 bits per heavy atom. The fraction of sp³-hybridized carbons (Fsp3) is 0.368. The molecule has 10 heteroatoms. The van der Waals surface area contributed by atoms with Gasteiger partial charge in [-0.1, -0.05) is 6.07 Å². The number of nitrogens with zero attached hydrogens (tertiary/aromatic N) is 1. The minimum atomic E-state index is -3.49. The van der Waals surface area contributed by atoms with Crippen LogP contribution in [0.15, 0.2) is 35.7 Å². The van der Waals surface area contributed by atoms with Gasteiger partial charge >= 0.3 is 0 Å². The minimum Gasteiger partial charge on any atom is -0.495 e. The first kappa shape index (κ1) is 21.1. The fourth-order valence-corrected chi connectivity index (χ4v) is 4.46. The van der Waals surface area contributed by atoms with Gasteiger partial charge in [0.2, 0.25) is 15.9 Å². The number of methoxy groups -OCH3 is 1. The third kappa shape index (κ3) is 5.48. The highest BCUT2D eigenvalue weighted by molar-refractivity contribution is 7.92. The Kier molecular flexibility index (Phi) is 6.43. The molecule has 3 rings (SSSR count). The summed E-state index contributed by atoms with van der Waals surface area (Å²) in [5, 5.41) is 4.70. The van der Waals surface area contributed by atoms with Crippen molar-refractivity contribution in [1.29, 1.82) is 0 Å². The highest BCUT2D eigenvalue weighted by Gasteiger charge is 2.28. The number of piperidine rings is 1. The van der Waals surface area contributed by atoms with Gasteiger partial charge in [-0.25, -0.2) is 8.42 Å². The summed E-state index contributed by atoms with van der Waals surface area (Å²) in [5.41, 5.74) is 0.725. The van der Waals surface area contributed by atoms with Crippen molar-refractivity contribution in [3.05, 3.63) is 40.6 Å². The van der Waals surface area contributed by atoms with Gasteiger partial charge in [0, 0.05) is 24.7 Å². The first-order valence-electron chi connectivity index (χ1n) is 9.06. The van der Waals surface area contributed by atoms with Crippen molar-refractivity contribution in [1.82, 2.24) is 4.90 Å². The number of carbonyl (C=O) groups is 2. The van der Waals surface area contributed by atoms with E-state index in [2.05, 4.69) is 10.0 Å². The number of anilines is 2. The molecule has 0 unspecified atom stereocenters. The summed E-state index contributed by atoms with van der Waals surface area (Å²) >= 11 is 1.41. The molecule has 8 nitrogen and oxygen atoms in total. The molecule has 2 aromatic rings. The maximum Gasteiger partial charge on any atom is 0.263 e. The summed E-state index contributed by atoms with van der Waals surface area (Å²) in [7, 11) is -2.05. The van der Waals surface area contributed by atoms with Crippen LogP contribution in [0.2, 0.25) is 0 Å². The first-order chi connectivity index (χ1) is 13.8. The van der Waals surface area contributed by atoms with Gasteiger partial charge in [0.15, 0.2) is 0 Å². The highest BCUT2D eigenvalue weighted by atomic mass is 32.2. The number of ether oxygens (including phenoxy) is 1. The maximum absolute atomic E-state index is 12.6. The van der Waals surface area contributed by atoms with Crippen LogP contribution in [-0.4, -0.2) is 51.6 Å². The van der Waals surface area contributed by atoms with E-state index in [1.165, 1.54) is 24.5 Å². The third-order valence-corrected chi connectivity index (χ3v) is 6.10. The number of nitrogens with one attached hydrogen (secondary N) is 2. The van der Waals surface area contributed by atoms with E-state index in [-0.39, 0.29) is 23.4 Å². The number of amides is 2. The summed E-state index contributed by atoms with van der Waals surface area (Å²) in [6.07, 6.45) is 2.20. The van der Waals surface area contributed by atoms with E-state index < -0.39 is 10.0 Å². The average molecular weight is 438 g/mol. The Labute approximate surface area is 173 Å². The number of thiophene rings is 1. The van der Waals surface area contributed by atoms with Crippen LogP contribution in [0.25, 0.3) is 0 Å². The Balaban J connectivity index is 1.61. The summed E-state index contributed by atoms with van der Waals surface area (Å²) < 4.78 is 30.6. The zero-order valence-corrected chi connectivity index (χ0v) is 17.8. The number of hydrogen-bond acceptors (Lipinski definition) is 6. The Morgan fingerprint density at radius 3 is 2.52 bits per heavy atom. The molecular weight excluding hydrogens is 414 g/mol. The van der Waals surface area contributed by atoms with Gasteiger partial charge in [-0.15, -0.1) is 11.3 Å². The van der Waals surface area contributed by atoms with Gasteiger partial charge in [-0.05, 0) is 42.5 Å². The molecule has 0 bridgehead atoms. The maximum atomic E-state index is 12.6. The van der Waals surface area contributed by atoms with E-state index in [1.54, 1.807) is 23.1 Å². The monoisotopic (exact) mass is 437 g/mol. The van der Waals surface area contributed by atoms with Crippen LogP contribution < -0.4 is 14.8 Å². The molecule has 2 heterocycles. The number of rotatable bonds is 6. The SMILES string of the molecule is COc1ccc(NC(=O)C2CCN(C(=O)c3cccs3)CC2)cc1NS(C)(=O)=O. The molecule has 0 aliphatic carbocycles. The van der Waals surface area contributed by atoms with E-state index in [0.717, 1.165) is 6.26 Å². The fourth-order valence-electron chi connectivity index (χ4n) is 3.21. The van der Waals surface area contributed by atoms with E-state index >= 15 is 0 Å². The van der Waals surface area contributed by atoms with Crippen LogP contribution in [0.1, 0.15) is 22.5 Å². The molecule has 1 saturated heterocycles. The Morgan fingerprint density at radius 2 is 1.93 bits per heavy atom. The standard InChI is InChI=1S/C19H23N3O5S2/c1-27-16-6-5-14(12-15(16)21-29(2,25)26)20-18(23)13-7-9-22(10-8-13)19(24)17-4-3-11-28-17/h3-6,11-13,21H,7-10H2,1-2H3,(H,20,23). The first-order valence-corrected chi connectivity index (χ1v) is 11.8. The van der Waals surface area contributed by atoms with Crippen molar-refractivity contribution in [2.45, 2.75) is 12.8 Å². The number of hydrogen-bond donors (Lipinski definition) is 2. The zero-order valence-electron chi connectivity index (χ0n) is 16.2. The lowest BCUT2D eigenvalue weighted by Gasteiger charge is -2.31. The molecule has 156 valence electrons. The lowest BCUT2D eigenvalue weighted by atomic mass is 9.95. The van der Waals surface area contributed by atoms with Gasteiger partial charge in [-0.3, -0.25) is 14.3 Å². The van der Waals surface area contributed by atoms with Crippen LogP contribution in [0.4, 0.5) is 11.4 Å². The van der Waals surface area contributed by atoms with Crippen molar-refractivity contribution in [2.24, 2.45) is 5.92 Å². The van der Waals surface area contributed by atoms with Gasteiger partial charge in [0.05, 0.1) is 23.9 Å². The highest BCUT2D eigenvalue weighted by Crippen LogP contribution is 2.29. The molecule has 1 aromatic carbocycles. The third-order valence-electron chi connectivity index (χ3n) is 4.65. The van der Waals surface area contributed by atoms with Crippen molar-refractivity contribution in [3.63, 3.8) is 0 Å². The van der Waals surface area contributed by atoms with E-state index in [9.17, 15) is 18.0 Å². The lowest BCUT2D eigenvalue weighted by molar-refractivity contribution is -0.121.